The molecule has 1 amide bonds. The number of nitro benzene ring substituents is 1. The Labute approximate surface area is 179 Å². The van der Waals surface area contributed by atoms with E-state index in [-0.39, 0.29) is 23.0 Å². The largest absolute Gasteiger partial charge is 0.339 e. The number of piperidine rings is 1. The molecule has 0 aromatic heterocycles. The number of carbonyl (C=O) groups is 1. The van der Waals surface area contributed by atoms with Crippen LogP contribution in [0, 0.1) is 22.0 Å². The number of likely N-dealkylation sites (tertiary alicyclic amines) is 2. The molecule has 3 aliphatic rings. The van der Waals surface area contributed by atoms with Crippen LogP contribution in [0.5, 0.6) is 0 Å². The van der Waals surface area contributed by atoms with Crippen LogP contribution in [0.4, 0.5) is 5.69 Å². The molecule has 1 aromatic carbocycles. The number of carbonyl (C=O) groups excluding carboxylic acids is 1. The van der Waals surface area contributed by atoms with E-state index in [1.54, 1.807) is 12.1 Å². The maximum atomic E-state index is 12.8. The number of halogens is 1. The van der Waals surface area contributed by atoms with Crippen LogP contribution in [0.3, 0.4) is 0 Å². The van der Waals surface area contributed by atoms with Crippen molar-refractivity contribution >= 4 is 24.0 Å². The first kappa shape index (κ1) is 22.0. The minimum atomic E-state index is -0.350. The minimum absolute atomic E-state index is 0. The number of nitrogens with zero attached hydrogens (tertiary/aromatic N) is 3. The van der Waals surface area contributed by atoms with Crippen LogP contribution in [0.25, 0.3) is 0 Å². The Morgan fingerprint density at radius 2 is 1.66 bits per heavy atom. The number of nitro groups is 1. The van der Waals surface area contributed by atoms with Crippen LogP contribution in [-0.2, 0) is 11.3 Å². The van der Waals surface area contributed by atoms with Crippen molar-refractivity contribution in [3.8, 4) is 0 Å². The van der Waals surface area contributed by atoms with Crippen LogP contribution in [-0.4, -0.2) is 46.3 Å². The fourth-order valence-corrected chi connectivity index (χ4v) is 4.94. The first-order valence-corrected chi connectivity index (χ1v) is 10.9. The topological polar surface area (TPSA) is 66.7 Å². The highest BCUT2D eigenvalue weighted by atomic mass is 35.5. The SMILES string of the molecule is Cl.O=C(C1CC1)N1CCCCCC1C1CCN(Cc2ccc([N+](=O)[O-])cc2)CC1. The number of amides is 1. The van der Waals surface area contributed by atoms with E-state index in [0.717, 1.165) is 63.8 Å². The van der Waals surface area contributed by atoms with Gasteiger partial charge in [-0.05, 0) is 63.1 Å². The quantitative estimate of drug-likeness (QED) is 0.521. The third-order valence-corrected chi connectivity index (χ3v) is 6.74. The molecule has 29 heavy (non-hydrogen) atoms. The van der Waals surface area contributed by atoms with Gasteiger partial charge in [-0.15, -0.1) is 12.4 Å². The summed E-state index contributed by atoms with van der Waals surface area (Å²) in [4.78, 5) is 28.0. The Bertz CT molecular complexity index is 700. The molecule has 3 fully saturated rings. The summed E-state index contributed by atoms with van der Waals surface area (Å²) in [6, 6.07) is 7.36. The lowest BCUT2D eigenvalue weighted by Gasteiger charge is -2.41. The average molecular weight is 422 g/mol. The molecule has 1 saturated carbocycles. The molecule has 0 radical (unpaired) electrons. The molecule has 2 aliphatic heterocycles. The van der Waals surface area contributed by atoms with E-state index in [9.17, 15) is 14.9 Å². The Balaban J connectivity index is 0.00000240. The van der Waals surface area contributed by atoms with Gasteiger partial charge in [0.2, 0.25) is 5.91 Å². The summed E-state index contributed by atoms with van der Waals surface area (Å²) in [6.45, 7) is 3.90. The van der Waals surface area contributed by atoms with Crippen molar-refractivity contribution in [2.24, 2.45) is 11.8 Å². The van der Waals surface area contributed by atoms with E-state index in [0.29, 0.717) is 23.8 Å². The highest BCUT2D eigenvalue weighted by Crippen LogP contribution is 2.36. The van der Waals surface area contributed by atoms with Gasteiger partial charge < -0.3 is 4.90 Å². The van der Waals surface area contributed by atoms with Gasteiger partial charge in [-0.2, -0.15) is 0 Å². The first-order chi connectivity index (χ1) is 13.6. The first-order valence-electron chi connectivity index (χ1n) is 10.9. The maximum Gasteiger partial charge on any atom is 0.269 e. The molecule has 4 rings (SSSR count). The van der Waals surface area contributed by atoms with E-state index < -0.39 is 0 Å². The standard InChI is InChI=1S/C22H31N3O3.ClH/c26-22(19-7-8-19)24-13-3-1-2-4-21(24)18-11-14-23(15-12-18)16-17-5-9-20(10-6-17)25(27)28;/h5-6,9-10,18-19,21H,1-4,7-8,11-16H2;1H. The molecule has 1 atom stereocenters. The highest BCUT2D eigenvalue weighted by Gasteiger charge is 2.39. The van der Waals surface area contributed by atoms with Gasteiger partial charge in [0, 0.05) is 37.2 Å². The van der Waals surface area contributed by atoms with Gasteiger partial charge in [-0.3, -0.25) is 19.8 Å². The maximum absolute atomic E-state index is 12.8. The third-order valence-electron chi connectivity index (χ3n) is 6.74. The molecule has 1 aliphatic carbocycles. The van der Waals surface area contributed by atoms with Gasteiger partial charge in [0.05, 0.1) is 4.92 Å². The number of non-ortho nitro benzene ring substituents is 1. The fourth-order valence-electron chi connectivity index (χ4n) is 4.94. The predicted molar refractivity (Wildman–Crippen MR) is 115 cm³/mol. The summed E-state index contributed by atoms with van der Waals surface area (Å²) in [5, 5.41) is 10.8. The molecular weight excluding hydrogens is 390 g/mol. The Hall–Kier alpha value is -1.66. The van der Waals surface area contributed by atoms with E-state index in [2.05, 4.69) is 9.80 Å². The molecule has 1 aromatic rings. The zero-order valence-electron chi connectivity index (χ0n) is 17.0. The molecule has 1 unspecified atom stereocenters. The molecule has 0 N–H and O–H groups in total. The van der Waals surface area contributed by atoms with E-state index in [1.807, 2.05) is 12.1 Å². The van der Waals surface area contributed by atoms with Crippen LogP contribution in [0.15, 0.2) is 24.3 Å². The average Bonchev–Trinajstić information content (AvgIpc) is 3.55. The van der Waals surface area contributed by atoms with Crippen molar-refractivity contribution in [2.75, 3.05) is 19.6 Å². The molecule has 0 bridgehead atoms. The molecular formula is C22H32ClN3O3. The fraction of sp³-hybridized carbons (Fsp3) is 0.682. The summed E-state index contributed by atoms with van der Waals surface area (Å²) in [5.74, 6) is 1.37. The van der Waals surface area contributed by atoms with E-state index in [4.69, 9.17) is 0 Å². The Kier molecular flexibility index (Phi) is 7.52. The highest BCUT2D eigenvalue weighted by molar-refractivity contribution is 5.85. The summed E-state index contributed by atoms with van der Waals surface area (Å²) in [7, 11) is 0. The lowest BCUT2D eigenvalue weighted by Crippen LogP contribution is -2.48. The van der Waals surface area contributed by atoms with Gasteiger partial charge in [0.1, 0.15) is 0 Å². The molecule has 0 spiro atoms. The summed E-state index contributed by atoms with van der Waals surface area (Å²) < 4.78 is 0. The van der Waals surface area contributed by atoms with Crippen molar-refractivity contribution in [3.05, 3.63) is 39.9 Å². The van der Waals surface area contributed by atoms with Gasteiger partial charge in [0.25, 0.3) is 5.69 Å². The number of hydrogen-bond acceptors (Lipinski definition) is 4. The van der Waals surface area contributed by atoms with Crippen molar-refractivity contribution in [1.29, 1.82) is 0 Å². The Morgan fingerprint density at radius 1 is 0.966 bits per heavy atom. The van der Waals surface area contributed by atoms with Gasteiger partial charge in [-0.1, -0.05) is 25.0 Å². The second-order valence-corrected chi connectivity index (χ2v) is 8.76. The number of hydrogen-bond donors (Lipinski definition) is 0. The Morgan fingerprint density at radius 3 is 2.28 bits per heavy atom. The molecule has 6 nitrogen and oxygen atoms in total. The molecule has 2 heterocycles. The smallest absolute Gasteiger partial charge is 0.269 e. The van der Waals surface area contributed by atoms with E-state index >= 15 is 0 Å². The monoisotopic (exact) mass is 421 g/mol. The van der Waals surface area contributed by atoms with Gasteiger partial charge >= 0.3 is 0 Å². The summed E-state index contributed by atoms with van der Waals surface area (Å²) >= 11 is 0. The second kappa shape index (κ2) is 9.90. The van der Waals surface area contributed by atoms with Crippen molar-refractivity contribution in [1.82, 2.24) is 9.80 Å². The lowest BCUT2D eigenvalue weighted by molar-refractivity contribution is -0.384. The predicted octanol–water partition coefficient (Wildman–Crippen LogP) is 4.41. The third kappa shape index (κ3) is 5.48. The zero-order chi connectivity index (χ0) is 19.5. The molecule has 2 saturated heterocycles. The van der Waals surface area contributed by atoms with E-state index in [1.165, 1.54) is 19.3 Å². The lowest BCUT2D eigenvalue weighted by atomic mass is 9.85. The van der Waals surface area contributed by atoms with Crippen molar-refractivity contribution < 1.29 is 9.72 Å². The van der Waals surface area contributed by atoms with Crippen molar-refractivity contribution in [3.63, 3.8) is 0 Å². The zero-order valence-corrected chi connectivity index (χ0v) is 17.8. The minimum Gasteiger partial charge on any atom is -0.339 e. The number of benzene rings is 1. The van der Waals surface area contributed by atoms with Crippen molar-refractivity contribution in [2.45, 2.75) is 64.0 Å². The van der Waals surface area contributed by atoms with Crippen LogP contribution >= 0.6 is 12.4 Å². The van der Waals surface area contributed by atoms with Gasteiger partial charge in [-0.25, -0.2) is 0 Å². The second-order valence-electron chi connectivity index (χ2n) is 8.76. The molecule has 160 valence electrons. The normalized spacial score (nSPS) is 23.9. The summed E-state index contributed by atoms with van der Waals surface area (Å²) in [5.41, 5.74) is 1.28. The molecule has 7 heteroatoms. The summed E-state index contributed by atoms with van der Waals surface area (Å²) in [6.07, 6.45) is 9.31. The van der Waals surface area contributed by atoms with Crippen LogP contribution < -0.4 is 0 Å². The van der Waals surface area contributed by atoms with Gasteiger partial charge in [0.15, 0.2) is 0 Å². The number of rotatable bonds is 5. The van der Waals surface area contributed by atoms with Crippen LogP contribution in [0.2, 0.25) is 0 Å². The van der Waals surface area contributed by atoms with Crippen LogP contribution in [0.1, 0.15) is 56.9 Å².